The number of rotatable bonds is 5. The summed E-state index contributed by atoms with van der Waals surface area (Å²) in [4.78, 5) is 8.85. The highest BCUT2D eigenvalue weighted by Gasteiger charge is 2.21. The smallest absolute Gasteiger partial charge is 0.173 e. The Morgan fingerprint density at radius 3 is 2.76 bits per heavy atom. The predicted molar refractivity (Wildman–Crippen MR) is 105 cm³/mol. The maximum Gasteiger partial charge on any atom is 0.173 e. The molecule has 0 aliphatic rings. The lowest BCUT2D eigenvalue weighted by molar-refractivity contribution is 0.359. The van der Waals surface area contributed by atoms with Gasteiger partial charge in [-0.05, 0) is 39.9 Å². The van der Waals surface area contributed by atoms with E-state index in [0.717, 1.165) is 27.3 Å². The summed E-state index contributed by atoms with van der Waals surface area (Å²) < 4.78 is 2.66. The molecular weight excluding hydrogens is 380 g/mol. The van der Waals surface area contributed by atoms with Crippen LogP contribution < -0.4 is 10.6 Å². The molecule has 0 aliphatic carbocycles. The van der Waals surface area contributed by atoms with E-state index in [9.17, 15) is 0 Å². The van der Waals surface area contributed by atoms with Crippen molar-refractivity contribution in [3.8, 4) is 0 Å². The Hall–Kier alpha value is -2.15. The molecule has 1 unspecified atom stereocenters. The van der Waals surface area contributed by atoms with Gasteiger partial charge >= 0.3 is 0 Å². The van der Waals surface area contributed by atoms with Gasteiger partial charge in [0.15, 0.2) is 5.65 Å². The molecule has 0 saturated carbocycles. The second-order valence-corrected chi connectivity index (χ2v) is 8.06. The zero-order valence-corrected chi connectivity index (χ0v) is 16.5. The highest BCUT2D eigenvalue weighted by atomic mass is 79.9. The van der Waals surface area contributed by atoms with Crippen molar-refractivity contribution in [3.05, 3.63) is 46.8 Å². The standard InChI is InChI=1S/C18H23BrN6/c1-12(18(2,3)4)23-15-8-16(21-10-13-6-5-7-20-9-13)25-17(24-15)14(19)11-22-25/h5-9,11-12,21H,10H2,1-4H3,(H,23,24). The minimum atomic E-state index is 0.134. The molecule has 0 radical (unpaired) electrons. The van der Waals surface area contributed by atoms with Gasteiger partial charge in [-0.25, -0.2) is 4.98 Å². The molecule has 25 heavy (non-hydrogen) atoms. The van der Waals surface area contributed by atoms with E-state index in [1.165, 1.54) is 0 Å². The Bertz CT molecular complexity index is 853. The van der Waals surface area contributed by atoms with E-state index < -0.39 is 0 Å². The molecule has 0 amide bonds. The monoisotopic (exact) mass is 402 g/mol. The van der Waals surface area contributed by atoms with Gasteiger partial charge in [-0.1, -0.05) is 26.8 Å². The zero-order chi connectivity index (χ0) is 18.0. The van der Waals surface area contributed by atoms with Crippen molar-refractivity contribution >= 4 is 33.2 Å². The Labute approximate surface area is 156 Å². The first-order chi connectivity index (χ1) is 11.8. The first-order valence-corrected chi connectivity index (χ1v) is 9.07. The molecule has 0 fully saturated rings. The van der Waals surface area contributed by atoms with E-state index in [0.29, 0.717) is 6.54 Å². The number of hydrogen-bond donors (Lipinski definition) is 2. The van der Waals surface area contributed by atoms with E-state index >= 15 is 0 Å². The Balaban J connectivity index is 1.90. The maximum absolute atomic E-state index is 4.69. The van der Waals surface area contributed by atoms with Crippen LogP contribution in [-0.4, -0.2) is 25.6 Å². The normalized spacial score (nSPS) is 13.0. The largest absolute Gasteiger partial charge is 0.367 e. The molecule has 2 N–H and O–H groups in total. The third-order valence-corrected chi connectivity index (χ3v) is 4.85. The minimum absolute atomic E-state index is 0.134. The first kappa shape index (κ1) is 17.7. The molecule has 0 aromatic carbocycles. The summed E-state index contributed by atoms with van der Waals surface area (Å²) in [5, 5.41) is 11.3. The van der Waals surface area contributed by atoms with Gasteiger partial charge in [0.05, 0.1) is 10.7 Å². The highest BCUT2D eigenvalue weighted by Crippen LogP contribution is 2.26. The molecule has 0 aliphatic heterocycles. The predicted octanol–water partition coefficient (Wildman–Crippen LogP) is 4.35. The summed E-state index contributed by atoms with van der Waals surface area (Å²) in [7, 11) is 0. The van der Waals surface area contributed by atoms with Crippen molar-refractivity contribution in [1.29, 1.82) is 0 Å². The van der Waals surface area contributed by atoms with Gasteiger partial charge in [0.1, 0.15) is 11.6 Å². The number of pyridine rings is 1. The fourth-order valence-corrected chi connectivity index (χ4v) is 2.62. The Kier molecular flexibility index (Phi) is 4.94. The molecule has 132 valence electrons. The lowest BCUT2D eigenvalue weighted by Gasteiger charge is -2.28. The fraction of sp³-hybridized carbons (Fsp3) is 0.389. The maximum atomic E-state index is 4.69. The average molecular weight is 403 g/mol. The van der Waals surface area contributed by atoms with Gasteiger partial charge in [0.2, 0.25) is 0 Å². The van der Waals surface area contributed by atoms with E-state index in [2.05, 4.69) is 64.3 Å². The molecule has 3 aromatic heterocycles. The van der Waals surface area contributed by atoms with Crippen molar-refractivity contribution in [2.75, 3.05) is 10.6 Å². The lowest BCUT2D eigenvalue weighted by atomic mass is 9.88. The number of halogens is 1. The SMILES string of the molecule is CC(Nc1cc(NCc2cccnc2)n2ncc(Br)c2n1)C(C)(C)C. The molecule has 0 spiro atoms. The summed E-state index contributed by atoms with van der Waals surface area (Å²) in [6, 6.07) is 6.24. The van der Waals surface area contributed by atoms with E-state index in [1.54, 1.807) is 16.9 Å². The van der Waals surface area contributed by atoms with Crippen molar-refractivity contribution < 1.29 is 0 Å². The summed E-state index contributed by atoms with van der Waals surface area (Å²) in [6.07, 6.45) is 5.38. The van der Waals surface area contributed by atoms with Crippen LogP contribution in [0.4, 0.5) is 11.6 Å². The topological polar surface area (TPSA) is 67.1 Å². The van der Waals surface area contributed by atoms with Gasteiger partial charge in [0, 0.05) is 31.0 Å². The van der Waals surface area contributed by atoms with Crippen LogP contribution in [0.1, 0.15) is 33.3 Å². The third kappa shape index (κ3) is 4.10. The molecule has 3 heterocycles. The van der Waals surface area contributed by atoms with Gasteiger partial charge in [-0.15, -0.1) is 0 Å². The highest BCUT2D eigenvalue weighted by molar-refractivity contribution is 9.10. The van der Waals surface area contributed by atoms with Crippen molar-refractivity contribution in [2.45, 2.75) is 40.3 Å². The minimum Gasteiger partial charge on any atom is -0.367 e. The number of nitrogens with zero attached hydrogens (tertiary/aromatic N) is 4. The quantitative estimate of drug-likeness (QED) is 0.663. The number of nitrogens with one attached hydrogen (secondary N) is 2. The van der Waals surface area contributed by atoms with Crippen molar-refractivity contribution in [1.82, 2.24) is 19.6 Å². The lowest BCUT2D eigenvalue weighted by Crippen LogP contribution is -2.31. The van der Waals surface area contributed by atoms with E-state index in [4.69, 9.17) is 4.98 Å². The Morgan fingerprint density at radius 2 is 2.08 bits per heavy atom. The van der Waals surface area contributed by atoms with Crippen molar-refractivity contribution in [2.24, 2.45) is 5.41 Å². The van der Waals surface area contributed by atoms with Gasteiger partial charge in [-0.2, -0.15) is 9.61 Å². The molecule has 3 rings (SSSR count). The zero-order valence-electron chi connectivity index (χ0n) is 14.9. The molecule has 0 saturated heterocycles. The van der Waals surface area contributed by atoms with Crippen LogP contribution in [0.5, 0.6) is 0 Å². The van der Waals surface area contributed by atoms with Crippen LogP contribution in [0.15, 0.2) is 41.3 Å². The van der Waals surface area contributed by atoms with Gasteiger partial charge in [-0.3, -0.25) is 4.98 Å². The van der Waals surface area contributed by atoms with E-state index in [-0.39, 0.29) is 11.5 Å². The Morgan fingerprint density at radius 1 is 1.28 bits per heavy atom. The van der Waals surface area contributed by atoms with Crippen LogP contribution in [0.3, 0.4) is 0 Å². The molecule has 3 aromatic rings. The molecule has 7 heteroatoms. The first-order valence-electron chi connectivity index (χ1n) is 8.28. The van der Waals surface area contributed by atoms with E-state index in [1.807, 2.05) is 24.4 Å². The van der Waals surface area contributed by atoms with Gasteiger partial charge < -0.3 is 10.6 Å². The molecular formula is C18H23BrN6. The van der Waals surface area contributed by atoms with Crippen molar-refractivity contribution in [3.63, 3.8) is 0 Å². The molecule has 1 atom stereocenters. The van der Waals surface area contributed by atoms with Crippen LogP contribution in [0, 0.1) is 5.41 Å². The summed E-state index contributed by atoms with van der Waals surface area (Å²) in [5.74, 6) is 1.70. The molecule has 6 nitrogen and oxygen atoms in total. The fourth-order valence-electron chi connectivity index (χ4n) is 2.27. The second-order valence-electron chi connectivity index (χ2n) is 7.20. The average Bonchev–Trinajstić information content (AvgIpc) is 2.94. The number of hydrogen-bond acceptors (Lipinski definition) is 5. The summed E-state index contributed by atoms with van der Waals surface area (Å²) in [5.41, 5.74) is 2.02. The van der Waals surface area contributed by atoms with Crippen LogP contribution in [-0.2, 0) is 6.54 Å². The number of fused-ring (bicyclic) bond motifs is 1. The van der Waals surface area contributed by atoms with Crippen LogP contribution in [0.25, 0.3) is 5.65 Å². The third-order valence-electron chi connectivity index (χ3n) is 4.29. The van der Waals surface area contributed by atoms with Crippen LogP contribution in [0.2, 0.25) is 0 Å². The van der Waals surface area contributed by atoms with Gasteiger partial charge in [0.25, 0.3) is 0 Å². The summed E-state index contributed by atoms with van der Waals surface area (Å²) >= 11 is 3.53. The molecule has 0 bridgehead atoms. The summed E-state index contributed by atoms with van der Waals surface area (Å²) in [6.45, 7) is 9.46. The number of aromatic nitrogens is 4. The number of anilines is 2. The van der Waals surface area contributed by atoms with Crippen LogP contribution >= 0.6 is 15.9 Å². The second kappa shape index (κ2) is 7.00.